The van der Waals surface area contributed by atoms with E-state index in [-0.39, 0.29) is 35.3 Å². The molecule has 30 heavy (non-hydrogen) atoms. The van der Waals surface area contributed by atoms with E-state index in [0.29, 0.717) is 17.9 Å². The van der Waals surface area contributed by atoms with Crippen molar-refractivity contribution in [1.29, 1.82) is 0 Å². The van der Waals surface area contributed by atoms with E-state index in [0.717, 1.165) is 24.0 Å². The second kappa shape index (κ2) is 10.1. The fourth-order valence-electron chi connectivity index (χ4n) is 3.02. The number of ether oxygens (including phenoxy) is 3. The maximum absolute atomic E-state index is 13.7. The van der Waals surface area contributed by atoms with Gasteiger partial charge < -0.3 is 14.2 Å². The van der Waals surface area contributed by atoms with Crippen molar-refractivity contribution in [3.63, 3.8) is 0 Å². The number of hydrogen-bond donors (Lipinski definition) is 0. The second-order valence-corrected chi connectivity index (χ2v) is 6.89. The molecule has 164 valence electrons. The van der Waals surface area contributed by atoms with Crippen LogP contribution in [0.5, 0.6) is 17.2 Å². The Hall–Kier alpha value is -2.42. The van der Waals surface area contributed by atoms with Crippen molar-refractivity contribution in [3.05, 3.63) is 40.6 Å². The predicted molar refractivity (Wildman–Crippen MR) is 109 cm³/mol. The van der Waals surface area contributed by atoms with Crippen LogP contribution in [0, 0.1) is 6.92 Å². The van der Waals surface area contributed by atoms with Gasteiger partial charge in [-0.1, -0.05) is 0 Å². The summed E-state index contributed by atoms with van der Waals surface area (Å²) < 4.78 is 58.0. The molecule has 1 aromatic heterocycles. The van der Waals surface area contributed by atoms with E-state index < -0.39 is 23.1 Å². The van der Waals surface area contributed by atoms with Crippen LogP contribution in [0.15, 0.2) is 23.4 Å². The molecule has 0 amide bonds. The highest BCUT2D eigenvalue weighted by Gasteiger charge is 2.38. The van der Waals surface area contributed by atoms with Gasteiger partial charge in [0.1, 0.15) is 5.03 Å². The van der Waals surface area contributed by atoms with Crippen molar-refractivity contribution in [2.45, 2.75) is 38.9 Å². The van der Waals surface area contributed by atoms with Gasteiger partial charge in [0.05, 0.1) is 36.5 Å². The molecule has 0 fully saturated rings. The van der Waals surface area contributed by atoms with Crippen molar-refractivity contribution in [2.24, 2.45) is 0 Å². The molecule has 0 spiro atoms. The first-order valence-electron chi connectivity index (χ1n) is 9.41. The highest BCUT2D eigenvalue weighted by atomic mass is 32.2. The first-order chi connectivity index (χ1) is 14.2. The summed E-state index contributed by atoms with van der Waals surface area (Å²) in [5.74, 6) is -0.205. The highest BCUT2D eigenvalue weighted by molar-refractivity contribution is 7.98. The average Bonchev–Trinajstić information content (AvgIpc) is 2.69. The molecule has 0 aliphatic carbocycles. The van der Waals surface area contributed by atoms with Crippen LogP contribution in [0.2, 0.25) is 0 Å². The molecule has 0 aliphatic rings. The number of thioether (sulfide) groups is 1. The minimum Gasteiger partial charge on any atom is -0.490 e. The number of ketones is 1. The average molecular weight is 443 g/mol. The van der Waals surface area contributed by atoms with Crippen molar-refractivity contribution >= 4 is 17.5 Å². The molecule has 0 radical (unpaired) electrons. The number of carbonyl (C=O) groups is 1. The van der Waals surface area contributed by atoms with Gasteiger partial charge in [-0.2, -0.15) is 13.2 Å². The Kier molecular flexibility index (Phi) is 8.00. The van der Waals surface area contributed by atoms with E-state index in [4.69, 9.17) is 14.2 Å². The van der Waals surface area contributed by atoms with Gasteiger partial charge in [0.25, 0.3) is 0 Å². The molecule has 9 heteroatoms. The molecule has 1 heterocycles. The molecule has 2 aromatic rings. The number of aromatic nitrogens is 1. The van der Waals surface area contributed by atoms with Gasteiger partial charge in [0.2, 0.25) is 11.5 Å². The summed E-state index contributed by atoms with van der Waals surface area (Å²) in [6.45, 7) is 7.66. The monoisotopic (exact) mass is 443 g/mol. The van der Waals surface area contributed by atoms with Gasteiger partial charge in [-0.3, -0.25) is 4.79 Å². The quantitative estimate of drug-likeness (QED) is 0.374. The number of halogens is 3. The summed E-state index contributed by atoms with van der Waals surface area (Å²) in [5.41, 5.74) is -1.13. The minimum atomic E-state index is -4.72. The number of alkyl halides is 3. The Morgan fingerprint density at radius 2 is 1.63 bits per heavy atom. The summed E-state index contributed by atoms with van der Waals surface area (Å²) >= 11 is 0.971. The van der Waals surface area contributed by atoms with E-state index >= 15 is 0 Å². The number of benzene rings is 1. The molecular weight excluding hydrogens is 419 g/mol. The molecule has 0 saturated carbocycles. The van der Waals surface area contributed by atoms with Crippen LogP contribution in [0.25, 0.3) is 0 Å². The standard InChI is InChI=1S/C21H24F3NO4S/c1-6-27-14-11-12(4)15(19(29-8-3)18(14)28-7-2)17(26)16-13(21(22,23)24)9-10-25-20(16)30-5/h9-11H,6-8H2,1-5H3. The fourth-order valence-corrected chi connectivity index (χ4v) is 3.60. The lowest BCUT2D eigenvalue weighted by atomic mass is 9.95. The summed E-state index contributed by atoms with van der Waals surface area (Å²) in [6, 6.07) is 2.38. The molecule has 0 saturated heterocycles. The molecule has 2 rings (SSSR count). The summed E-state index contributed by atoms with van der Waals surface area (Å²) in [6.07, 6.45) is -2.10. The molecule has 0 bridgehead atoms. The molecular formula is C21H24F3NO4S. The SMILES string of the molecule is CCOc1cc(C)c(C(=O)c2c(C(F)(F)F)ccnc2SC)c(OCC)c1OCC. The van der Waals surface area contributed by atoms with Crippen LogP contribution in [0.3, 0.4) is 0 Å². The van der Waals surface area contributed by atoms with Crippen LogP contribution in [-0.2, 0) is 6.18 Å². The third kappa shape index (κ3) is 4.83. The number of pyridine rings is 1. The Morgan fingerprint density at radius 3 is 2.17 bits per heavy atom. The Labute approximate surface area is 177 Å². The molecule has 0 atom stereocenters. The molecule has 0 unspecified atom stereocenters. The van der Waals surface area contributed by atoms with Crippen LogP contribution in [0.1, 0.15) is 47.8 Å². The van der Waals surface area contributed by atoms with Gasteiger partial charge in [0, 0.05) is 6.20 Å². The van der Waals surface area contributed by atoms with E-state index in [1.165, 1.54) is 0 Å². The van der Waals surface area contributed by atoms with Crippen LogP contribution in [-0.4, -0.2) is 36.8 Å². The Morgan fingerprint density at radius 1 is 1.03 bits per heavy atom. The number of aryl methyl sites for hydroxylation is 1. The normalized spacial score (nSPS) is 11.3. The zero-order valence-electron chi connectivity index (χ0n) is 17.5. The lowest BCUT2D eigenvalue weighted by Crippen LogP contribution is -2.18. The van der Waals surface area contributed by atoms with Crippen LogP contribution >= 0.6 is 11.8 Å². The van der Waals surface area contributed by atoms with E-state index in [9.17, 15) is 18.0 Å². The summed E-state index contributed by atoms with van der Waals surface area (Å²) in [5, 5.41) is -0.0106. The fraction of sp³-hybridized carbons (Fsp3) is 0.429. The van der Waals surface area contributed by atoms with Gasteiger partial charge in [-0.05, 0) is 51.6 Å². The zero-order valence-corrected chi connectivity index (χ0v) is 18.3. The van der Waals surface area contributed by atoms with E-state index in [2.05, 4.69) is 4.98 Å². The number of carbonyl (C=O) groups excluding carboxylic acids is 1. The second-order valence-electron chi connectivity index (χ2n) is 6.09. The number of rotatable bonds is 9. The predicted octanol–water partition coefficient (Wildman–Crippen LogP) is 5.56. The van der Waals surface area contributed by atoms with Crippen LogP contribution in [0.4, 0.5) is 13.2 Å². The minimum absolute atomic E-state index is 0.00227. The topological polar surface area (TPSA) is 57.7 Å². The zero-order chi connectivity index (χ0) is 22.5. The lowest BCUT2D eigenvalue weighted by molar-refractivity contribution is -0.138. The van der Waals surface area contributed by atoms with Gasteiger partial charge in [-0.15, -0.1) is 11.8 Å². The van der Waals surface area contributed by atoms with Crippen molar-refractivity contribution in [1.82, 2.24) is 4.98 Å². The largest absolute Gasteiger partial charge is 0.490 e. The van der Waals surface area contributed by atoms with Gasteiger partial charge in [-0.25, -0.2) is 4.98 Å². The Balaban J connectivity index is 2.85. The Bertz CT molecular complexity index is 916. The molecule has 0 aliphatic heterocycles. The summed E-state index contributed by atoms with van der Waals surface area (Å²) in [4.78, 5) is 17.5. The molecule has 1 aromatic carbocycles. The highest BCUT2D eigenvalue weighted by Crippen LogP contribution is 2.45. The van der Waals surface area contributed by atoms with Crippen molar-refractivity contribution < 1.29 is 32.2 Å². The maximum Gasteiger partial charge on any atom is 0.417 e. The van der Waals surface area contributed by atoms with Gasteiger partial charge >= 0.3 is 6.18 Å². The number of hydrogen-bond acceptors (Lipinski definition) is 6. The van der Waals surface area contributed by atoms with Gasteiger partial charge in [0.15, 0.2) is 11.5 Å². The summed E-state index contributed by atoms with van der Waals surface area (Å²) in [7, 11) is 0. The first-order valence-corrected chi connectivity index (χ1v) is 10.6. The lowest BCUT2D eigenvalue weighted by Gasteiger charge is -2.21. The van der Waals surface area contributed by atoms with Crippen molar-refractivity contribution in [3.8, 4) is 17.2 Å². The van der Waals surface area contributed by atoms with E-state index in [1.54, 1.807) is 40.0 Å². The smallest absolute Gasteiger partial charge is 0.417 e. The first kappa shape index (κ1) is 23.9. The third-order valence-corrected chi connectivity index (χ3v) is 4.84. The molecule has 5 nitrogen and oxygen atoms in total. The number of nitrogens with zero attached hydrogens (tertiary/aromatic N) is 1. The third-order valence-electron chi connectivity index (χ3n) is 4.15. The molecule has 0 N–H and O–H groups in total. The van der Waals surface area contributed by atoms with E-state index in [1.807, 2.05) is 0 Å². The van der Waals surface area contributed by atoms with Crippen molar-refractivity contribution in [2.75, 3.05) is 26.1 Å². The van der Waals surface area contributed by atoms with Crippen LogP contribution < -0.4 is 14.2 Å². The maximum atomic E-state index is 13.7.